The van der Waals surface area contributed by atoms with Gasteiger partial charge in [-0.15, -0.1) is 0 Å². The van der Waals surface area contributed by atoms with E-state index in [1.807, 2.05) is 6.07 Å². The lowest BCUT2D eigenvalue weighted by Crippen LogP contribution is -1.78. The molecular formula is C8H3Br2N3. The van der Waals surface area contributed by atoms with Gasteiger partial charge in [0.15, 0.2) is 4.73 Å². The second-order valence-corrected chi connectivity index (χ2v) is 4.06. The van der Waals surface area contributed by atoms with Gasteiger partial charge in [-0.2, -0.15) is 5.26 Å². The molecule has 13 heavy (non-hydrogen) atoms. The van der Waals surface area contributed by atoms with Crippen LogP contribution in [0.5, 0.6) is 0 Å². The molecule has 0 aliphatic carbocycles. The largest absolute Gasteiger partial charge is 0.331 e. The number of nitrogens with zero attached hydrogens (tertiary/aromatic N) is 2. The maximum absolute atomic E-state index is 8.81. The number of nitriles is 1. The monoisotopic (exact) mass is 299 g/mol. The minimum Gasteiger partial charge on any atom is -0.331 e. The van der Waals surface area contributed by atoms with Gasteiger partial charge in [0, 0.05) is 4.47 Å². The molecule has 0 amide bonds. The molecule has 64 valence electrons. The van der Waals surface area contributed by atoms with E-state index in [2.05, 4.69) is 47.9 Å². The highest BCUT2D eigenvalue weighted by Crippen LogP contribution is 2.25. The molecule has 0 fully saturated rings. The van der Waals surface area contributed by atoms with Crippen molar-refractivity contribution in [3.8, 4) is 6.07 Å². The first-order valence-electron chi connectivity index (χ1n) is 3.46. The minimum atomic E-state index is 0.594. The number of rotatable bonds is 0. The van der Waals surface area contributed by atoms with Gasteiger partial charge in [-0.25, -0.2) is 4.98 Å². The lowest BCUT2D eigenvalue weighted by molar-refractivity contribution is 1.26. The number of halogens is 2. The molecule has 0 spiro atoms. The van der Waals surface area contributed by atoms with Crippen molar-refractivity contribution in [3.63, 3.8) is 0 Å². The van der Waals surface area contributed by atoms with E-state index in [-0.39, 0.29) is 0 Å². The molecule has 1 aromatic heterocycles. The van der Waals surface area contributed by atoms with Crippen molar-refractivity contribution in [2.24, 2.45) is 0 Å². The molecule has 1 aromatic carbocycles. The van der Waals surface area contributed by atoms with Gasteiger partial charge in [0.2, 0.25) is 0 Å². The summed E-state index contributed by atoms with van der Waals surface area (Å²) in [5, 5.41) is 8.81. The smallest absolute Gasteiger partial charge is 0.175 e. The normalized spacial score (nSPS) is 10.2. The van der Waals surface area contributed by atoms with E-state index in [1.165, 1.54) is 0 Å². The van der Waals surface area contributed by atoms with E-state index in [4.69, 9.17) is 5.26 Å². The molecule has 0 bridgehead atoms. The number of benzene rings is 1. The van der Waals surface area contributed by atoms with Gasteiger partial charge in [-0.1, -0.05) is 0 Å². The van der Waals surface area contributed by atoms with Crippen molar-refractivity contribution in [2.45, 2.75) is 0 Å². The van der Waals surface area contributed by atoms with Crippen LogP contribution in [0.2, 0.25) is 0 Å². The first kappa shape index (κ1) is 8.73. The molecule has 0 saturated heterocycles. The van der Waals surface area contributed by atoms with Crippen molar-refractivity contribution in [1.29, 1.82) is 5.26 Å². The Morgan fingerprint density at radius 1 is 1.38 bits per heavy atom. The zero-order chi connectivity index (χ0) is 9.42. The zero-order valence-electron chi connectivity index (χ0n) is 6.31. The van der Waals surface area contributed by atoms with Gasteiger partial charge >= 0.3 is 0 Å². The second-order valence-electron chi connectivity index (χ2n) is 2.46. The van der Waals surface area contributed by atoms with Crippen LogP contribution in [0, 0.1) is 11.3 Å². The molecule has 3 nitrogen and oxygen atoms in total. The standard InChI is InChI=1S/C8H3Br2N3/c9-5-2-1-4(3-11)6-7(5)13-8(10)12-6/h1-2H,(H,12,13). The lowest BCUT2D eigenvalue weighted by Gasteiger charge is -1.93. The number of nitrogens with one attached hydrogen (secondary N) is 1. The summed E-state index contributed by atoms with van der Waals surface area (Å²) in [5.41, 5.74) is 2.12. The molecule has 0 aliphatic heterocycles. The molecule has 2 rings (SSSR count). The number of H-pyrrole nitrogens is 1. The molecule has 0 unspecified atom stereocenters. The highest BCUT2D eigenvalue weighted by molar-refractivity contribution is 9.11. The summed E-state index contributed by atoms with van der Waals surface area (Å²) in [6.07, 6.45) is 0. The van der Waals surface area contributed by atoms with Crippen LogP contribution in [0.25, 0.3) is 11.0 Å². The number of aromatic amines is 1. The first-order valence-corrected chi connectivity index (χ1v) is 5.05. The number of aromatic nitrogens is 2. The fraction of sp³-hybridized carbons (Fsp3) is 0. The predicted molar refractivity (Wildman–Crippen MR) is 56.2 cm³/mol. The predicted octanol–water partition coefficient (Wildman–Crippen LogP) is 2.96. The third kappa shape index (κ3) is 1.36. The van der Waals surface area contributed by atoms with E-state index in [0.29, 0.717) is 10.3 Å². The van der Waals surface area contributed by atoms with Gasteiger partial charge in [0.25, 0.3) is 0 Å². The summed E-state index contributed by atoms with van der Waals surface area (Å²) in [5.74, 6) is 0. The fourth-order valence-corrected chi connectivity index (χ4v) is 1.92. The van der Waals surface area contributed by atoms with E-state index < -0.39 is 0 Å². The number of fused-ring (bicyclic) bond motifs is 1. The van der Waals surface area contributed by atoms with Crippen LogP contribution in [-0.4, -0.2) is 9.97 Å². The topological polar surface area (TPSA) is 52.5 Å². The quantitative estimate of drug-likeness (QED) is 0.813. The average molecular weight is 301 g/mol. The first-order chi connectivity index (χ1) is 6.22. The maximum Gasteiger partial charge on any atom is 0.175 e. The zero-order valence-corrected chi connectivity index (χ0v) is 9.48. The summed E-state index contributed by atoms with van der Waals surface area (Å²) in [7, 11) is 0. The number of imidazole rings is 1. The summed E-state index contributed by atoms with van der Waals surface area (Å²) < 4.78 is 1.51. The van der Waals surface area contributed by atoms with Gasteiger partial charge < -0.3 is 4.98 Å². The molecule has 1 heterocycles. The molecular weight excluding hydrogens is 298 g/mol. The molecule has 5 heteroatoms. The van der Waals surface area contributed by atoms with Gasteiger partial charge in [0.05, 0.1) is 11.1 Å². The second kappa shape index (κ2) is 3.13. The van der Waals surface area contributed by atoms with Gasteiger partial charge in [0.1, 0.15) is 11.6 Å². The summed E-state index contributed by atoms with van der Waals surface area (Å²) >= 11 is 6.59. The Hall–Kier alpha value is -0.860. The van der Waals surface area contributed by atoms with Crippen LogP contribution in [0.3, 0.4) is 0 Å². The van der Waals surface area contributed by atoms with E-state index in [1.54, 1.807) is 6.07 Å². The molecule has 2 aromatic rings. The molecule has 0 aliphatic rings. The van der Waals surface area contributed by atoms with Gasteiger partial charge in [-0.3, -0.25) is 0 Å². The average Bonchev–Trinajstić information content (AvgIpc) is 2.48. The van der Waals surface area contributed by atoms with Crippen molar-refractivity contribution in [2.75, 3.05) is 0 Å². The third-order valence-corrected chi connectivity index (χ3v) is 2.70. The van der Waals surface area contributed by atoms with Crippen molar-refractivity contribution >= 4 is 42.9 Å². The van der Waals surface area contributed by atoms with E-state index in [9.17, 15) is 0 Å². The fourth-order valence-electron chi connectivity index (χ4n) is 1.12. The lowest BCUT2D eigenvalue weighted by atomic mass is 10.2. The summed E-state index contributed by atoms with van der Waals surface area (Å²) in [4.78, 5) is 7.16. The van der Waals surface area contributed by atoms with Crippen LogP contribution < -0.4 is 0 Å². The van der Waals surface area contributed by atoms with E-state index >= 15 is 0 Å². The third-order valence-electron chi connectivity index (χ3n) is 1.69. The van der Waals surface area contributed by atoms with Crippen LogP contribution >= 0.6 is 31.9 Å². The highest BCUT2D eigenvalue weighted by atomic mass is 79.9. The van der Waals surface area contributed by atoms with Crippen LogP contribution in [0.15, 0.2) is 21.3 Å². The minimum absolute atomic E-state index is 0.594. The van der Waals surface area contributed by atoms with Crippen LogP contribution in [0.4, 0.5) is 0 Å². The van der Waals surface area contributed by atoms with Crippen molar-refractivity contribution in [1.82, 2.24) is 9.97 Å². The Labute approximate surface area is 91.0 Å². The molecule has 1 N–H and O–H groups in total. The molecule has 0 saturated carbocycles. The summed E-state index contributed by atoms with van der Waals surface area (Å²) in [6.45, 7) is 0. The Bertz CT molecular complexity index is 510. The van der Waals surface area contributed by atoms with Crippen LogP contribution in [-0.2, 0) is 0 Å². The highest BCUT2D eigenvalue weighted by Gasteiger charge is 2.08. The van der Waals surface area contributed by atoms with Crippen LogP contribution in [0.1, 0.15) is 5.56 Å². The summed E-state index contributed by atoms with van der Waals surface area (Å²) in [6, 6.07) is 5.66. The SMILES string of the molecule is N#Cc1ccc(Br)c2nc(Br)[nH]c12. The van der Waals surface area contributed by atoms with Gasteiger partial charge in [-0.05, 0) is 44.0 Å². The Morgan fingerprint density at radius 3 is 2.85 bits per heavy atom. The Balaban J connectivity index is 2.94. The number of hydrogen-bond acceptors (Lipinski definition) is 2. The Kier molecular flexibility index (Phi) is 2.10. The Morgan fingerprint density at radius 2 is 2.15 bits per heavy atom. The van der Waals surface area contributed by atoms with Crippen molar-refractivity contribution < 1.29 is 0 Å². The van der Waals surface area contributed by atoms with Crippen molar-refractivity contribution in [3.05, 3.63) is 26.9 Å². The number of hydrogen-bond donors (Lipinski definition) is 1. The molecule has 0 radical (unpaired) electrons. The molecule has 0 atom stereocenters. The maximum atomic E-state index is 8.81. The van der Waals surface area contributed by atoms with E-state index in [0.717, 1.165) is 15.5 Å².